The molecule has 0 saturated heterocycles. The van der Waals surface area contributed by atoms with Crippen LogP contribution in [0.2, 0.25) is 0 Å². The lowest BCUT2D eigenvalue weighted by atomic mass is 10.1. The van der Waals surface area contributed by atoms with E-state index in [0.29, 0.717) is 5.69 Å². The zero-order valence-electron chi connectivity index (χ0n) is 6.97. The Labute approximate surface area is 79.7 Å². The van der Waals surface area contributed by atoms with Crippen molar-refractivity contribution < 1.29 is 4.79 Å². The molecule has 0 aliphatic carbocycles. The maximum Gasteiger partial charge on any atom is 0.273 e. The van der Waals surface area contributed by atoms with Crippen LogP contribution in [0.3, 0.4) is 0 Å². The van der Waals surface area contributed by atoms with Crippen LogP contribution in [0.15, 0.2) is 18.2 Å². The van der Waals surface area contributed by atoms with Gasteiger partial charge in [0, 0.05) is 5.39 Å². The highest BCUT2D eigenvalue weighted by Crippen LogP contribution is 2.18. The molecule has 4 heteroatoms. The van der Waals surface area contributed by atoms with Crippen LogP contribution in [0.5, 0.6) is 0 Å². The predicted octanol–water partition coefficient (Wildman–Crippen LogP) is 2.25. The van der Waals surface area contributed by atoms with Crippen molar-refractivity contribution in [1.82, 2.24) is 10.2 Å². The summed E-state index contributed by atoms with van der Waals surface area (Å²) < 4.78 is 0. The molecule has 1 aromatic heterocycles. The second-order valence-corrected chi connectivity index (χ2v) is 3.24. The van der Waals surface area contributed by atoms with E-state index in [1.807, 2.05) is 25.1 Å². The van der Waals surface area contributed by atoms with Gasteiger partial charge in [0.2, 0.25) is 0 Å². The smallest absolute Gasteiger partial charge is 0.273 e. The molecule has 0 aliphatic heterocycles. The summed E-state index contributed by atoms with van der Waals surface area (Å²) in [4.78, 5) is 10.9. The molecule has 3 nitrogen and oxygen atoms in total. The predicted molar refractivity (Wildman–Crippen MR) is 51.0 cm³/mol. The molecular weight excluding hydrogens is 188 g/mol. The van der Waals surface area contributed by atoms with Gasteiger partial charge in [0.05, 0.1) is 5.52 Å². The third-order valence-electron chi connectivity index (χ3n) is 1.90. The fourth-order valence-corrected chi connectivity index (χ4v) is 1.42. The van der Waals surface area contributed by atoms with Crippen molar-refractivity contribution in [2.24, 2.45) is 0 Å². The minimum Gasteiger partial charge on any atom is -0.277 e. The highest BCUT2D eigenvalue weighted by Gasteiger charge is 2.10. The Bertz CT molecular complexity index is 475. The van der Waals surface area contributed by atoms with Gasteiger partial charge in [0.15, 0.2) is 5.69 Å². The quantitative estimate of drug-likeness (QED) is 0.708. The standard InChI is InChI=1S/C9H7ClN2O/c1-5-2-3-7-6(4-5)8(9(10)13)12-11-7/h2-4H,1H3,(H,11,12). The number of rotatable bonds is 1. The summed E-state index contributed by atoms with van der Waals surface area (Å²) in [5.74, 6) is 0. The Morgan fingerprint density at radius 1 is 1.54 bits per heavy atom. The number of benzene rings is 1. The first-order valence-corrected chi connectivity index (χ1v) is 4.21. The summed E-state index contributed by atoms with van der Waals surface area (Å²) >= 11 is 5.35. The number of hydrogen-bond donors (Lipinski definition) is 1. The molecular formula is C9H7ClN2O. The average molecular weight is 195 g/mol. The van der Waals surface area contributed by atoms with Crippen molar-refractivity contribution in [1.29, 1.82) is 0 Å². The van der Waals surface area contributed by atoms with E-state index in [2.05, 4.69) is 10.2 Å². The van der Waals surface area contributed by atoms with Crippen molar-refractivity contribution in [3.05, 3.63) is 29.5 Å². The Morgan fingerprint density at radius 3 is 3.00 bits per heavy atom. The Balaban J connectivity index is 2.79. The molecule has 0 fully saturated rings. The fourth-order valence-electron chi connectivity index (χ4n) is 1.28. The second-order valence-electron chi connectivity index (χ2n) is 2.89. The maximum absolute atomic E-state index is 10.9. The van der Waals surface area contributed by atoms with Crippen LogP contribution in [0.4, 0.5) is 0 Å². The third kappa shape index (κ3) is 1.31. The lowest BCUT2D eigenvalue weighted by molar-refractivity contribution is 0.107. The maximum atomic E-state index is 10.9. The molecule has 0 bridgehead atoms. The second kappa shape index (κ2) is 2.85. The van der Waals surface area contributed by atoms with Crippen LogP contribution in [0, 0.1) is 6.92 Å². The Kier molecular flexibility index (Phi) is 1.81. The molecule has 0 saturated carbocycles. The van der Waals surface area contributed by atoms with E-state index in [1.54, 1.807) is 0 Å². The average Bonchev–Trinajstić information content (AvgIpc) is 2.46. The van der Waals surface area contributed by atoms with E-state index in [9.17, 15) is 4.79 Å². The minimum atomic E-state index is -0.531. The SMILES string of the molecule is Cc1ccc2[nH]nc(C(=O)Cl)c2c1. The number of nitrogens with one attached hydrogen (secondary N) is 1. The lowest BCUT2D eigenvalue weighted by Gasteiger charge is -1.92. The first-order chi connectivity index (χ1) is 6.18. The third-order valence-corrected chi connectivity index (χ3v) is 2.08. The summed E-state index contributed by atoms with van der Waals surface area (Å²) in [5.41, 5.74) is 2.20. The van der Waals surface area contributed by atoms with Gasteiger partial charge in [-0.3, -0.25) is 9.89 Å². The fraction of sp³-hybridized carbons (Fsp3) is 0.111. The topological polar surface area (TPSA) is 45.8 Å². The summed E-state index contributed by atoms with van der Waals surface area (Å²) in [7, 11) is 0. The largest absolute Gasteiger partial charge is 0.277 e. The van der Waals surface area contributed by atoms with Gasteiger partial charge in [-0.15, -0.1) is 0 Å². The van der Waals surface area contributed by atoms with Crippen LogP contribution in [-0.4, -0.2) is 15.4 Å². The molecule has 1 N–H and O–H groups in total. The highest BCUT2D eigenvalue weighted by molar-refractivity contribution is 6.68. The van der Waals surface area contributed by atoms with Crippen LogP contribution in [-0.2, 0) is 0 Å². The number of hydrogen-bond acceptors (Lipinski definition) is 2. The van der Waals surface area contributed by atoms with E-state index >= 15 is 0 Å². The number of carbonyl (C=O) groups excluding carboxylic acids is 1. The van der Waals surface area contributed by atoms with E-state index in [0.717, 1.165) is 16.5 Å². The van der Waals surface area contributed by atoms with Gasteiger partial charge >= 0.3 is 0 Å². The van der Waals surface area contributed by atoms with E-state index in [1.165, 1.54) is 0 Å². The zero-order valence-corrected chi connectivity index (χ0v) is 7.72. The summed E-state index contributed by atoms with van der Waals surface area (Å²) in [6.07, 6.45) is 0. The molecule has 1 aromatic carbocycles. The van der Waals surface area contributed by atoms with Gasteiger partial charge in [-0.1, -0.05) is 11.6 Å². The Morgan fingerprint density at radius 2 is 2.31 bits per heavy atom. The number of aromatic nitrogens is 2. The van der Waals surface area contributed by atoms with Gasteiger partial charge in [-0.2, -0.15) is 5.10 Å². The van der Waals surface area contributed by atoms with E-state index in [-0.39, 0.29) is 0 Å². The molecule has 0 amide bonds. The van der Waals surface area contributed by atoms with E-state index < -0.39 is 5.24 Å². The number of halogens is 1. The number of aromatic amines is 1. The number of H-pyrrole nitrogens is 1. The molecule has 0 atom stereocenters. The zero-order chi connectivity index (χ0) is 9.42. The number of aryl methyl sites for hydroxylation is 1. The van der Waals surface area contributed by atoms with Crippen LogP contribution in [0.25, 0.3) is 10.9 Å². The summed E-state index contributed by atoms with van der Waals surface area (Å²) in [6.45, 7) is 1.95. The monoisotopic (exact) mass is 194 g/mol. The van der Waals surface area contributed by atoms with Crippen LogP contribution in [0.1, 0.15) is 16.1 Å². The van der Waals surface area contributed by atoms with Crippen molar-refractivity contribution in [3.63, 3.8) is 0 Å². The van der Waals surface area contributed by atoms with Gasteiger partial charge in [0.1, 0.15) is 0 Å². The molecule has 0 unspecified atom stereocenters. The molecule has 0 spiro atoms. The van der Waals surface area contributed by atoms with Crippen molar-refractivity contribution in [2.45, 2.75) is 6.92 Å². The first kappa shape index (κ1) is 8.26. The summed E-state index contributed by atoms with van der Waals surface area (Å²) in [6, 6.07) is 5.71. The number of carbonyl (C=O) groups is 1. The molecule has 2 rings (SSSR count). The summed E-state index contributed by atoms with van der Waals surface area (Å²) in [5, 5.41) is 6.82. The van der Waals surface area contributed by atoms with Crippen LogP contribution >= 0.6 is 11.6 Å². The van der Waals surface area contributed by atoms with Gasteiger partial charge in [-0.05, 0) is 30.7 Å². The molecule has 66 valence electrons. The van der Waals surface area contributed by atoms with Gasteiger partial charge in [-0.25, -0.2) is 0 Å². The molecule has 2 aromatic rings. The normalized spacial score (nSPS) is 10.6. The molecule has 0 aliphatic rings. The first-order valence-electron chi connectivity index (χ1n) is 3.83. The van der Waals surface area contributed by atoms with Crippen molar-refractivity contribution in [3.8, 4) is 0 Å². The molecule has 1 heterocycles. The minimum absolute atomic E-state index is 0.292. The van der Waals surface area contributed by atoms with Gasteiger partial charge in [0.25, 0.3) is 5.24 Å². The Hall–Kier alpha value is -1.35. The van der Waals surface area contributed by atoms with E-state index in [4.69, 9.17) is 11.6 Å². The molecule has 0 radical (unpaired) electrons. The van der Waals surface area contributed by atoms with Gasteiger partial charge < -0.3 is 0 Å². The number of fused-ring (bicyclic) bond motifs is 1. The lowest BCUT2D eigenvalue weighted by Crippen LogP contribution is -1.89. The van der Waals surface area contributed by atoms with Crippen LogP contribution < -0.4 is 0 Å². The number of nitrogens with zero attached hydrogens (tertiary/aromatic N) is 1. The molecule has 13 heavy (non-hydrogen) atoms. The van der Waals surface area contributed by atoms with Crippen molar-refractivity contribution in [2.75, 3.05) is 0 Å². The van der Waals surface area contributed by atoms with Crippen molar-refractivity contribution >= 4 is 27.7 Å². The highest BCUT2D eigenvalue weighted by atomic mass is 35.5.